The molecule has 6 heteroatoms. The number of rotatable bonds is 7. The fourth-order valence-electron chi connectivity index (χ4n) is 2.26. The first-order valence-electron chi connectivity index (χ1n) is 9.00. The molecule has 0 radical (unpaired) electrons. The first kappa shape index (κ1) is 21.5. The number of hydrogen-bond donors (Lipinski definition) is 2. The van der Waals surface area contributed by atoms with Crippen molar-refractivity contribution >= 4 is 39.9 Å². The lowest BCUT2D eigenvalue weighted by Crippen LogP contribution is -2.27. The van der Waals surface area contributed by atoms with Gasteiger partial charge in [-0.3, -0.25) is 9.59 Å². The Morgan fingerprint density at radius 3 is 2.41 bits per heavy atom. The van der Waals surface area contributed by atoms with E-state index in [0.717, 1.165) is 17.1 Å². The van der Waals surface area contributed by atoms with E-state index in [0.29, 0.717) is 16.4 Å². The molecule has 2 rings (SSSR count). The fraction of sp³-hybridized carbons (Fsp3) is 0.429. The molecule has 0 saturated heterocycles. The van der Waals surface area contributed by atoms with Crippen molar-refractivity contribution in [2.45, 2.75) is 40.4 Å². The van der Waals surface area contributed by atoms with E-state index in [1.165, 1.54) is 22.5 Å². The van der Waals surface area contributed by atoms with E-state index in [4.69, 9.17) is 0 Å². The predicted molar refractivity (Wildman–Crippen MR) is 117 cm³/mol. The van der Waals surface area contributed by atoms with E-state index in [2.05, 4.69) is 41.8 Å². The molecular formula is C21H28N2O2S2. The predicted octanol–water partition coefficient (Wildman–Crippen LogP) is 5.01. The summed E-state index contributed by atoms with van der Waals surface area (Å²) >= 11 is 3.12. The molecule has 2 amide bonds. The zero-order valence-electron chi connectivity index (χ0n) is 16.6. The minimum absolute atomic E-state index is 0.0526. The normalized spacial score (nSPS) is 11.3. The summed E-state index contributed by atoms with van der Waals surface area (Å²) in [6, 6.07) is 10.4. The number of carbonyl (C=O) groups excluding carboxylic acids is 2. The Bertz CT molecular complexity index is 790. The highest BCUT2D eigenvalue weighted by molar-refractivity contribution is 7.98. The van der Waals surface area contributed by atoms with Gasteiger partial charge in [0.2, 0.25) is 5.91 Å². The molecule has 1 aromatic carbocycles. The number of hydrogen-bond acceptors (Lipinski definition) is 4. The fourth-order valence-corrected chi connectivity index (χ4v) is 4.06. The topological polar surface area (TPSA) is 58.2 Å². The Morgan fingerprint density at radius 2 is 1.78 bits per heavy atom. The number of anilines is 1. The van der Waals surface area contributed by atoms with Crippen LogP contribution in [0.2, 0.25) is 0 Å². The maximum absolute atomic E-state index is 12.4. The molecule has 0 fully saturated rings. The molecular weight excluding hydrogens is 376 g/mol. The van der Waals surface area contributed by atoms with Gasteiger partial charge in [-0.15, -0.1) is 11.3 Å². The molecule has 27 heavy (non-hydrogen) atoms. The Kier molecular flexibility index (Phi) is 7.50. The molecule has 0 unspecified atom stereocenters. The third-order valence-electron chi connectivity index (χ3n) is 3.96. The molecule has 0 saturated carbocycles. The maximum atomic E-state index is 12.4. The van der Waals surface area contributed by atoms with Crippen molar-refractivity contribution in [3.63, 3.8) is 0 Å². The number of aryl methyl sites for hydroxylation is 2. The zero-order valence-corrected chi connectivity index (χ0v) is 18.3. The van der Waals surface area contributed by atoms with Crippen molar-refractivity contribution in [2.75, 3.05) is 17.6 Å². The van der Waals surface area contributed by atoms with Crippen LogP contribution in [0.15, 0.2) is 30.3 Å². The zero-order chi connectivity index (χ0) is 20.0. The summed E-state index contributed by atoms with van der Waals surface area (Å²) in [5, 5.41) is 6.58. The lowest BCUT2D eigenvalue weighted by molar-refractivity contribution is -0.123. The third-order valence-corrected chi connectivity index (χ3v) is 6.14. The minimum atomic E-state index is -0.463. The van der Waals surface area contributed by atoms with Crippen LogP contribution >= 0.6 is 23.1 Å². The van der Waals surface area contributed by atoms with Gasteiger partial charge >= 0.3 is 0 Å². The summed E-state index contributed by atoms with van der Waals surface area (Å²) in [6.45, 7) is 10.2. The van der Waals surface area contributed by atoms with Crippen molar-refractivity contribution < 1.29 is 9.59 Å². The minimum Gasteiger partial charge on any atom is -0.351 e. The van der Waals surface area contributed by atoms with Crippen LogP contribution in [0.3, 0.4) is 0 Å². The van der Waals surface area contributed by atoms with Gasteiger partial charge in [0.15, 0.2) is 0 Å². The number of amides is 2. The lowest BCUT2D eigenvalue weighted by atomic mass is 9.96. The number of thioether (sulfide) groups is 1. The van der Waals surface area contributed by atoms with Crippen molar-refractivity contribution in [1.29, 1.82) is 0 Å². The number of nitrogens with one attached hydrogen (secondary N) is 2. The van der Waals surface area contributed by atoms with Crippen LogP contribution in [0.25, 0.3) is 0 Å². The molecule has 2 aromatic rings. The van der Waals surface area contributed by atoms with Crippen molar-refractivity contribution in [3.8, 4) is 0 Å². The second kappa shape index (κ2) is 9.42. The van der Waals surface area contributed by atoms with Crippen molar-refractivity contribution in [2.24, 2.45) is 5.41 Å². The van der Waals surface area contributed by atoms with E-state index in [9.17, 15) is 9.59 Å². The van der Waals surface area contributed by atoms with E-state index in [-0.39, 0.29) is 11.8 Å². The van der Waals surface area contributed by atoms with Gasteiger partial charge in [-0.1, -0.05) is 50.6 Å². The molecule has 0 atom stereocenters. The van der Waals surface area contributed by atoms with E-state index in [1.807, 2.05) is 33.8 Å². The van der Waals surface area contributed by atoms with Crippen LogP contribution in [0.1, 0.15) is 47.1 Å². The summed E-state index contributed by atoms with van der Waals surface area (Å²) in [7, 11) is 0. The average Bonchev–Trinajstić information content (AvgIpc) is 2.95. The lowest BCUT2D eigenvalue weighted by Gasteiger charge is -2.16. The highest BCUT2D eigenvalue weighted by Crippen LogP contribution is 2.28. The summed E-state index contributed by atoms with van der Waals surface area (Å²) in [5.74, 6) is 1.67. The van der Waals surface area contributed by atoms with Gasteiger partial charge in [-0.25, -0.2) is 0 Å². The molecule has 0 aliphatic carbocycles. The number of benzene rings is 1. The van der Waals surface area contributed by atoms with Crippen molar-refractivity contribution in [3.05, 3.63) is 51.9 Å². The van der Waals surface area contributed by atoms with Crippen molar-refractivity contribution in [1.82, 2.24) is 5.32 Å². The van der Waals surface area contributed by atoms with Crippen LogP contribution in [0.5, 0.6) is 0 Å². The van der Waals surface area contributed by atoms with E-state index in [1.54, 1.807) is 11.8 Å². The van der Waals surface area contributed by atoms with Gasteiger partial charge in [-0.05, 0) is 31.0 Å². The largest absolute Gasteiger partial charge is 0.351 e. The van der Waals surface area contributed by atoms with Crippen LogP contribution in [-0.4, -0.2) is 24.1 Å². The molecule has 4 nitrogen and oxygen atoms in total. The SMILES string of the molecule is Cc1ccc(CSCCNC(=O)c2sc(NC(=O)C(C)(C)C)cc2C)cc1. The molecule has 146 valence electrons. The van der Waals surface area contributed by atoms with Crippen LogP contribution in [-0.2, 0) is 10.5 Å². The highest BCUT2D eigenvalue weighted by Gasteiger charge is 2.22. The second-order valence-corrected chi connectivity index (χ2v) is 9.78. The Hall–Kier alpha value is -1.79. The summed E-state index contributed by atoms with van der Waals surface area (Å²) in [4.78, 5) is 25.2. The quantitative estimate of drug-likeness (QED) is 0.638. The Morgan fingerprint density at radius 1 is 1.11 bits per heavy atom. The van der Waals surface area contributed by atoms with Gasteiger partial charge < -0.3 is 10.6 Å². The first-order valence-corrected chi connectivity index (χ1v) is 11.0. The standard InChI is InChI=1S/C21H28N2O2S2/c1-14-6-8-16(9-7-14)13-26-11-10-22-19(24)18-15(2)12-17(27-18)23-20(25)21(3,4)5/h6-9,12H,10-11,13H2,1-5H3,(H,22,24)(H,23,25). The van der Waals surface area contributed by atoms with E-state index >= 15 is 0 Å². The summed E-state index contributed by atoms with van der Waals surface area (Å²) in [5.41, 5.74) is 2.98. The van der Waals surface area contributed by atoms with Crippen LogP contribution in [0, 0.1) is 19.3 Å². The van der Waals surface area contributed by atoms with Crippen LogP contribution < -0.4 is 10.6 Å². The van der Waals surface area contributed by atoms with Gasteiger partial charge in [0, 0.05) is 23.5 Å². The Labute approximate surface area is 170 Å². The van der Waals surface area contributed by atoms with Gasteiger partial charge in [0.1, 0.15) is 0 Å². The molecule has 0 aliphatic rings. The summed E-state index contributed by atoms with van der Waals surface area (Å²) in [6.07, 6.45) is 0. The molecule has 0 spiro atoms. The van der Waals surface area contributed by atoms with Crippen LogP contribution in [0.4, 0.5) is 5.00 Å². The summed E-state index contributed by atoms with van der Waals surface area (Å²) < 4.78 is 0. The van der Waals surface area contributed by atoms with Gasteiger partial charge in [-0.2, -0.15) is 11.8 Å². The van der Waals surface area contributed by atoms with Gasteiger partial charge in [0.25, 0.3) is 5.91 Å². The third kappa shape index (κ3) is 6.70. The van der Waals surface area contributed by atoms with E-state index < -0.39 is 5.41 Å². The molecule has 1 heterocycles. The molecule has 2 N–H and O–H groups in total. The molecule has 0 aliphatic heterocycles. The number of thiophene rings is 1. The molecule has 1 aromatic heterocycles. The highest BCUT2D eigenvalue weighted by atomic mass is 32.2. The second-order valence-electron chi connectivity index (χ2n) is 7.62. The van der Waals surface area contributed by atoms with Gasteiger partial charge in [0.05, 0.1) is 9.88 Å². The Balaban J connectivity index is 1.78. The smallest absolute Gasteiger partial charge is 0.261 e. The molecule has 0 bridgehead atoms. The maximum Gasteiger partial charge on any atom is 0.261 e. The average molecular weight is 405 g/mol. The number of carbonyl (C=O) groups is 2. The monoisotopic (exact) mass is 404 g/mol. The first-order chi connectivity index (χ1) is 12.7.